The lowest BCUT2D eigenvalue weighted by Crippen LogP contribution is -2.23. The molecule has 0 bridgehead atoms. The highest BCUT2D eigenvalue weighted by Crippen LogP contribution is 2.07. The van der Waals surface area contributed by atoms with E-state index in [4.69, 9.17) is 4.74 Å². The number of carbonyl (C=O) groups excluding carboxylic acids is 1. The van der Waals surface area contributed by atoms with Gasteiger partial charge in [0.15, 0.2) is 0 Å². The molecule has 0 amide bonds. The maximum absolute atomic E-state index is 11.0. The first kappa shape index (κ1) is 14.5. The van der Waals surface area contributed by atoms with Crippen LogP contribution in [0.15, 0.2) is 0 Å². The molecule has 0 aromatic rings. The predicted octanol–water partition coefficient (Wildman–Crippen LogP) is 1.41. The SMILES string of the molecule is CCOC(=O)CCNCCCCN1CCCC1. The van der Waals surface area contributed by atoms with E-state index in [2.05, 4.69) is 10.2 Å². The number of rotatable bonds is 9. The molecule has 0 atom stereocenters. The second kappa shape index (κ2) is 9.42. The molecule has 0 spiro atoms. The quantitative estimate of drug-likeness (QED) is 0.490. The molecule has 1 aliphatic rings. The monoisotopic (exact) mass is 242 g/mol. The molecule has 0 aromatic carbocycles. The van der Waals surface area contributed by atoms with Gasteiger partial charge in [-0.1, -0.05) is 0 Å². The van der Waals surface area contributed by atoms with Crippen molar-refractivity contribution in [3.8, 4) is 0 Å². The summed E-state index contributed by atoms with van der Waals surface area (Å²) >= 11 is 0. The fraction of sp³-hybridized carbons (Fsp3) is 0.923. The lowest BCUT2D eigenvalue weighted by Gasteiger charge is -2.13. The van der Waals surface area contributed by atoms with Gasteiger partial charge in [0.1, 0.15) is 0 Å². The maximum Gasteiger partial charge on any atom is 0.307 e. The Morgan fingerprint density at radius 3 is 2.71 bits per heavy atom. The van der Waals surface area contributed by atoms with E-state index in [-0.39, 0.29) is 5.97 Å². The highest BCUT2D eigenvalue weighted by Gasteiger charge is 2.09. The van der Waals surface area contributed by atoms with Crippen LogP contribution in [-0.2, 0) is 9.53 Å². The summed E-state index contributed by atoms with van der Waals surface area (Å²) < 4.78 is 4.85. The summed E-state index contributed by atoms with van der Waals surface area (Å²) in [6.45, 7) is 7.88. The number of ether oxygens (including phenoxy) is 1. The third-order valence-corrected chi connectivity index (χ3v) is 3.09. The molecular formula is C13H26N2O2. The third-order valence-electron chi connectivity index (χ3n) is 3.09. The van der Waals surface area contributed by atoms with Crippen molar-refractivity contribution in [2.45, 2.75) is 39.0 Å². The molecule has 100 valence electrons. The van der Waals surface area contributed by atoms with E-state index in [1.165, 1.54) is 45.3 Å². The van der Waals surface area contributed by atoms with Crippen molar-refractivity contribution in [3.05, 3.63) is 0 Å². The Bertz CT molecular complexity index is 204. The fourth-order valence-corrected chi connectivity index (χ4v) is 2.14. The van der Waals surface area contributed by atoms with Gasteiger partial charge in [0.25, 0.3) is 0 Å². The summed E-state index contributed by atoms with van der Waals surface area (Å²) in [5.41, 5.74) is 0. The second-order valence-corrected chi connectivity index (χ2v) is 4.56. The van der Waals surface area contributed by atoms with E-state index in [1.807, 2.05) is 6.92 Å². The standard InChI is InChI=1S/C13H26N2O2/c1-2-17-13(16)7-9-14-8-3-4-10-15-11-5-6-12-15/h14H,2-12H2,1H3. The summed E-state index contributed by atoms with van der Waals surface area (Å²) in [6.07, 6.45) is 5.68. The molecule has 0 aliphatic carbocycles. The van der Waals surface area contributed by atoms with Crippen LogP contribution < -0.4 is 5.32 Å². The molecule has 4 heteroatoms. The molecule has 1 fully saturated rings. The molecule has 1 heterocycles. The van der Waals surface area contributed by atoms with Gasteiger partial charge in [-0.3, -0.25) is 4.79 Å². The molecule has 1 N–H and O–H groups in total. The number of hydrogen-bond donors (Lipinski definition) is 1. The van der Waals surface area contributed by atoms with Crippen LogP contribution in [0.3, 0.4) is 0 Å². The van der Waals surface area contributed by atoms with Crippen LogP contribution in [-0.4, -0.2) is 50.2 Å². The lowest BCUT2D eigenvalue weighted by atomic mass is 10.3. The van der Waals surface area contributed by atoms with Gasteiger partial charge in [-0.25, -0.2) is 0 Å². The summed E-state index contributed by atoms with van der Waals surface area (Å²) in [4.78, 5) is 13.6. The smallest absolute Gasteiger partial charge is 0.307 e. The van der Waals surface area contributed by atoms with Crippen LogP contribution in [0.4, 0.5) is 0 Å². The minimum absolute atomic E-state index is 0.0999. The van der Waals surface area contributed by atoms with Gasteiger partial charge in [-0.2, -0.15) is 0 Å². The van der Waals surface area contributed by atoms with Gasteiger partial charge >= 0.3 is 5.97 Å². The number of likely N-dealkylation sites (tertiary alicyclic amines) is 1. The minimum Gasteiger partial charge on any atom is -0.466 e. The third kappa shape index (κ3) is 7.34. The van der Waals surface area contributed by atoms with Gasteiger partial charge in [-0.05, 0) is 58.8 Å². The van der Waals surface area contributed by atoms with Crippen LogP contribution in [0.1, 0.15) is 39.0 Å². The first-order valence-corrected chi connectivity index (χ1v) is 6.91. The number of nitrogens with one attached hydrogen (secondary N) is 1. The normalized spacial score (nSPS) is 16.3. The molecule has 1 aliphatic heterocycles. The van der Waals surface area contributed by atoms with Crippen molar-refractivity contribution in [1.82, 2.24) is 10.2 Å². The molecule has 0 radical (unpaired) electrons. The Hall–Kier alpha value is -0.610. The van der Waals surface area contributed by atoms with E-state index in [1.54, 1.807) is 0 Å². The molecule has 4 nitrogen and oxygen atoms in total. The van der Waals surface area contributed by atoms with Gasteiger partial charge < -0.3 is 15.0 Å². The molecule has 0 aromatic heterocycles. The van der Waals surface area contributed by atoms with E-state index in [0.29, 0.717) is 13.0 Å². The molecular weight excluding hydrogens is 216 g/mol. The van der Waals surface area contributed by atoms with E-state index in [9.17, 15) is 4.79 Å². The molecule has 1 saturated heterocycles. The fourth-order valence-electron chi connectivity index (χ4n) is 2.14. The van der Waals surface area contributed by atoms with Gasteiger partial charge in [-0.15, -0.1) is 0 Å². The lowest BCUT2D eigenvalue weighted by molar-refractivity contribution is -0.142. The van der Waals surface area contributed by atoms with Crippen molar-refractivity contribution in [3.63, 3.8) is 0 Å². The van der Waals surface area contributed by atoms with Gasteiger partial charge in [0, 0.05) is 6.54 Å². The second-order valence-electron chi connectivity index (χ2n) is 4.56. The van der Waals surface area contributed by atoms with E-state index >= 15 is 0 Å². The predicted molar refractivity (Wildman–Crippen MR) is 69.0 cm³/mol. The van der Waals surface area contributed by atoms with Crippen molar-refractivity contribution in [2.24, 2.45) is 0 Å². The number of carbonyl (C=O) groups is 1. The van der Waals surface area contributed by atoms with Crippen LogP contribution in [0.5, 0.6) is 0 Å². The van der Waals surface area contributed by atoms with Crippen molar-refractivity contribution in [1.29, 1.82) is 0 Å². The van der Waals surface area contributed by atoms with Crippen LogP contribution >= 0.6 is 0 Å². The van der Waals surface area contributed by atoms with E-state index in [0.717, 1.165) is 13.1 Å². The Morgan fingerprint density at radius 2 is 2.00 bits per heavy atom. The number of unbranched alkanes of at least 4 members (excludes halogenated alkanes) is 1. The first-order chi connectivity index (χ1) is 8.33. The van der Waals surface area contributed by atoms with Crippen molar-refractivity contribution >= 4 is 5.97 Å². The highest BCUT2D eigenvalue weighted by atomic mass is 16.5. The Labute approximate surface area is 105 Å². The van der Waals surface area contributed by atoms with Gasteiger partial charge in [0.05, 0.1) is 13.0 Å². The number of esters is 1. The summed E-state index contributed by atoms with van der Waals surface area (Å²) in [5.74, 6) is -0.0999. The summed E-state index contributed by atoms with van der Waals surface area (Å²) in [7, 11) is 0. The Kier molecular flexibility index (Phi) is 8.01. The summed E-state index contributed by atoms with van der Waals surface area (Å²) in [5, 5.41) is 3.28. The molecule has 1 rings (SSSR count). The average molecular weight is 242 g/mol. The average Bonchev–Trinajstić information content (AvgIpc) is 2.81. The minimum atomic E-state index is -0.0999. The number of nitrogens with zero attached hydrogens (tertiary/aromatic N) is 1. The Morgan fingerprint density at radius 1 is 1.24 bits per heavy atom. The zero-order chi connectivity index (χ0) is 12.3. The van der Waals surface area contributed by atoms with Crippen molar-refractivity contribution < 1.29 is 9.53 Å². The van der Waals surface area contributed by atoms with Crippen LogP contribution in [0.2, 0.25) is 0 Å². The largest absolute Gasteiger partial charge is 0.466 e. The summed E-state index contributed by atoms with van der Waals surface area (Å²) in [6, 6.07) is 0. The molecule has 0 saturated carbocycles. The zero-order valence-corrected chi connectivity index (χ0v) is 11.0. The van der Waals surface area contributed by atoms with Crippen LogP contribution in [0.25, 0.3) is 0 Å². The van der Waals surface area contributed by atoms with Crippen molar-refractivity contribution in [2.75, 3.05) is 39.3 Å². The maximum atomic E-state index is 11.0. The van der Waals surface area contributed by atoms with Gasteiger partial charge in [0.2, 0.25) is 0 Å². The zero-order valence-electron chi connectivity index (χ0n) is 11.0. The highest BCUT2D eigenvalue weighted by molar-refractivity contribution is 5.69. The molecule has 17 heavy (non-hydrogen) atoms. The van der Waals surface area contributed by atoms with Crippen LogP contribution in [0, 0.1) is 0 Å². The molecule has 0 unspecified atom stereocenters. The number of hydrogen-bond acceptors (Lipinski definition) is 4. The van der Waals surface area contributed by atoms with E-state index < -0.39 is 0 Å². The topological polar surface area (TPSA) is 41.6 Å². The first-order valence-electron chi connectivity index (χ1n) is 6.91. The Balaban J connectivity index is 1.79.